The van der Waals surface area contributed by atoms with Gasteiger partial charge < -0.3 is 5.32 Å². The molecule has 6 heteroatoms. The van der Waals surface area contributed by atoms with Gasteiger partial charge >= 0.3 is 5.69 Å². The smallest absolute Gasteiger partial charge is 0.329 e. The number of aromatic nitrogens is 3. The summed E-state index contributed by atoms with van der Waals surface area (Å²) in [5, 5.41) is 3.31. The monoisotopic (exact) mass is 220 g/mol. The van der Waals surface area contributed by atoms with Gasteiger partial charge in [-0.05, 0) is 13.0 Å². The van der Waals surface area contributed by atoms with Crippen molar-refractivity contribution >= 4 is 16.7 Å². The summed E-state index contributed by atoms with van der Waals surface area (Å²) >= 11 is 0. The molecule has 2 aromatic heterocycles. The maximum absolute atomic E-state index is 11.7. The van der Waals surface area contributed by atoms with Gasteiger partial charge in [0.05, 0.1) is 5.69 Å². The summed E-state index contributed by atoms with van der Waals surface area (Å²) in [5.74, 6) is 0. The quantitative estimate of drug-likeness (QED) is 0.754. The van der Waals surface area contributed by atoms with E-state index in [1.54, 1.807) is 19.3 Å². The van der Waals surface area contributed by atoms with Crippen LogP contribution in [0, 0.1) is 0 Å². The van der Waals surface area contributed by atoms with Gasteiger partial charge in [-0.1, -0.05) is 0 Å². The van der Waals surface area contributed by atoms with Gasteiger partial charge in [0.25, 0.3) is 5.56 Å². The SMILES string of the molecule is CCn1c(=O)[nH]c(=O)c2c(NC)ccnc21. The number of anilines is 1. The van der Waals surface area contributed by atoms with Crippen LogP contribution in [-0.2, 0) is 6.54 Å². The summed E-state index contributed by atoms with van der Waals surface area (Å²) in [6.07, 6.45) is 1.57. The highest BCUT2D eigenvalue weighted by Crippen LogP contribution is 2.15. The normalized spacial score (nSPS) is 10.6. The van der Waals surface area contributed by atoms with Crippen LogP contribution in [-0.4, -0.2) is 21.6 Å². The van der Waals surface area contributed by atoms with E-state index in [0.717, 1.165) is 0 Å². The molecule has 0 saturated carbocycles. The highest BCUT2D eigenvalue weighted by atomic mass is 16.2. The van der Waals surface area contributed by atoms with Gasteiger partial charge in [-0.3, -0.25) is 14.3 Å². The average Bonchev–Trinajstić information content (AvgIpc) is 2.28. The molecule has 6 nitrogen and oxygen atoms in total. The Morgan fingerprint density at radius 1 is 1.50 bits per heavy atom. The zero-order valence-corrected chi connectivity index (χ0v) is 9.07. The molecule has 0 radical (unpaired) electrons. The van der Waals surface area contributed by atoms with Crippen molar-refractivity contribution in [2.45, 2.75) is 13.5 Å². The fourth-order valence-corrected chi connectivity index (χ4v) is 1.70. The number of aromatic amines is 1. The molecule has 0 atom stereocenters. The van der Waals surface area contributed by atoms with Crippen molar-refractivity contribution in [1.82, 2.24) is 14.5 Å². The molecule has 84 valence electrons. The van der Waals surface area contributed by atoms with Crippen molar-refractivity contribution in [2.75, 3.05) is 12.4 Å². The summed E-state index contributed by atoms with van der Waals surface area (Å²) in [5.41, 5.74) is 0.222. The van der Waals surface area contributed by atoms with E-state index in [4.69, 9.17) is 0 Å². The van der Waals surface area contributed by atoms with Crippen LogP contribution in [0.4, 0.5) is 5.69 Å². The van der Waals surface area contributed by atoms with Gasteiger partial charge in [-0.2, -0.15) is 0 Å². The number of nitrogens with one attached hydrogen (secondary N) is 2. The van der Waals surface area contributed by atoms with Crippen molar-refractivity contribution in [2.24, 2.45) is 0 Å². The van der Waals surface area contributed by atoms with E-state index >= 15 is 0 Å². The first-order valence-electron chi connectivity index (χ1n) is 4.98. The fraction of sp³-hybridized carbons (Fsp3) is 0.300. The molecule has 0 amide bonds. The number of nitrogens with zero attached hydrogens (tertiary/aromatic N) is 2. The van der Waals surface area contributed by atoms with E-state index in [2.05, 4.69) is 15.3 Å². The van der Waals surface area contributed by atoms with E-state index < -0.39 is 11.2 Å². The van der Waals surface area contributed by atoms with Crippen molar-refractivity contribution in [3.8, 4) is 0 Å². The lowest BCUT2D eigenvalue weighted by Gasteiger charge is -2.08. The van der Waals surface area contributed by atoms with Gasteiger partial charge in [-0.15, -0.1) is 0 Å². The molecule has 0 saturated heterocycles. The van der Waals surface area contributed by atoms with Crippen LogP contribution in [0.1, 0.15) is 6.92 Å². The number of hydrogen-bond donors (Lipinski definition) is 2. The maximum atomic E-state index is 11.7. The van der Waals surface area contributed by atoms with Crippen molar-refractivity contribution in [3.63, 3.8) is 0 Å². The summed E-state index contributed by atoms with van der Waals surface area (Å²) in [6, 6.07) is 1.70. The number of rotatable bonds is 2. The summed E-state index contributed by atoms with van der Waals surface area (Å²) in [6.45, 7) is 2.29. The van der Waals surface area contributed by atoms with Gasteiger partial charge in [0.2, 0.25) is 0 Å². The molecule has 0 fully saturated rings. The highest BCUT2D eigenvalue weighted by Gasteiger charge is 2.10. The second kappa shape index (κ2) is 3.80. The van der Waals surface area contributed by atoms with Crippen molar-refractivity contribution < 1.29 is 0 Å². The minimum Gasteiger partial charge on any atom is -0.387 e. The molecule has 0 aliphatic heterocycles. The first-order chi connectivity index (χ1) is 7.69. The Bertz CT molecular complexity index is 641. The minimum atomic E-state index is -0.430. The Balaban J connectivity index is 3.04. The molecule has 0 unspecified atom stereocenters. The van der Waals surface area contributed by atoms with E-state index in [1.807, 2.05) is 6.92 Å². The van der Waals surface area contributed by atoms with Gasteiger partial charge in [0, 0.05) is 19.8 Å². The third kappa shape index (κ3) is 1.39. The standard InChI is InChI=1S/C10H12N4O2/c1-3-14-8-7(9(15)13-10(14)16)6(11-2)4-5-12-8/h4-5H,3H2,1-2H3,(H,11,12)(H,13,15,16). The molecule has 0 aliphatic carbocycles. The van der Waals surface area contributed by atoms with Gasteiger partial charge in [0.1, 0.15) is 5.39 Å². The molecular formula is C10H12N4O2. The second-order valence-electron chi connectivity index (χ2n) is 3.31. The van der Waals surface area contributed by atoms with Crippen LogP contribution < -0.4 is 16.6 Å². The predicted molar refractivity (Wildman–Crippen MR) is 61.8 cm³/mol. The van der Waals surface area contributed by atoms with E-state index in [1.165, 1.54) is 4.57 Å². The number of fused-ring (bicyclic) bond motifs is 1. The summed E-state index contributed by atoms with van der Waals surface area (Å²) in [7, 11) is 1.72. The third-order valence-corrected chi connectivity index (χ3v) is 2.46. The van der Waals surface area contributed by atoms with Crippen LogP contribution >= 0.6 is 0 Å². The first-order valence-corrected chi connectivity index (χ1v) is 4.98. The zero-order chi connectivity index (χ0) is 11.7. The van der Waals surface area contributed by atoms with E-state index in [9.17, 15) is 9.59 Å². The Hall–Kier alpha value is -2.11. The molecule has 2 rings (SSSR count). The Kier molecular flexibility index (Phi) is 2.47. The van der Waals surface area contributed by atoms with E-state index in [-0.39, 0.29) is 0 Å². The van der Waals surface area contributed by atoms with Crippen LogP contribution in [0.5, 0.6) is 0 Å². The highest BCUT2D eigenvalue weighted by molar-refractivity contribution is 5.87. The lowest BCUT2D eigenvalue weighted by atomic mass is 10.3. The van der Waals surface area contributed by atoms with Gasteiger partial charge in [0.15, 0.2) is 5.65 Å². The van der Waals surface area contributed by atoms with Crippen LogP contribution in [0.15, 0.2) is 21.9 Å². The number of pyridine rings is 1. The average molecular weight is 220 g/mol. The molecule has 0 spiro atoms. The van der Waals surface area contributed by atoms with Crippen LogP contribution in [0.25, 0.3) is 11.0 Å². The van der Waals surface area contributed by atoms with Crippen molar-refractivity contribution in [1.29, 1.82) is 0 Å². The topological polar surface area (TPSA) is 79.8 Å². The third-order valence-electron chi connectivity index (χ3n) is 2.46. The fourth-order valence-electron chi connectivity index (χ4n) is 1.70. The molecule has 0 aromatic carbocycles. The molecule has 16 heavy (non-hydrogen) atoms. The molecule has 2 N–H and O–H groups in total. The molecule has 0 bridgehead atoms. The van der Waals surface area contributed by atoms with Crippen molar-refractivity contribution in [3.05, 3.63) is 33.1 Å². The molecule has 0 aliphatic rings. The Morgan fingerprint density at radius 3 is 2.88 bits per heavy atom. The largest absolute Gasteiger partial charge is 0.387 e. The zero-order valence-electron chi connectivity index (χ0n) is 9.07. The lowest BCUT2D eigenvalue weighted by molar-refractivity contribution is 0.718. The second-order valence-corrected chi connectivity index (χ2v) is 3.31. The van der Waals surface area contributed by atoms with Crippen LogP contribution in [0.2, 0.25) is 0 Å². The predicted octanol–water partition coefficient (Wildman–Crippen LogP) is 0.146. The number of aryl methyl sites for hydroxylation is 1. The number of hydrogen-bond acceptors (Lipinski definition) is 4. The molecular weight excluding hydrogens is 208 g/mol. The molecule has 2 heterocycles. The minimum absolute atomic E-state index is 0.406. The van der Waals surface area contributed by atoms with Gasteiger partial charge in [-0.25, -0.2) is 9.78 Å². The molecule has 2 aromatic rings. The maximum Gasteiger partial charge on any atom is 0.329 e. The Labute approximate surface area is 90.9 Å². The summed E-state index contributed by atoms with van der Waals surface area (Å²) < 4.78 is 1.43. The lowest BCUT2D eigenvalue weighted by Crippen LogP contribution is -2.30. The number of H-pyrrole nitrogens is 1. The van der Waals surface area contributed by atoms with Crippen LogP contribution in [0.3, 0.4) is 0 Å². The first kappa shape index (κ1) is 10.4. The Morgan fingerprint density at radius 2 is 2.25 bits per heavy atom. The summed E-state index contributed by atoms with van der Waals surface area (Å²) in [4.78, 5) is 29.6. The van der Waals surface area contributed by atoms with E-state index in [0.29, 0.717) is 23.3 Å².